The highest BCUT2D eigenvalue weighted by atomic mass is 16.3. The minimum atomic E-state index is -0.771. The lowest BCUT2D eigenvalue weighted by atomic mass is 9.53. The van der Waals surface area contributed by atoms with Gasteiger partial charge >= 0.3 is 0 Å². The molecule has 2 saturated carbocycles. The second kappa shape index (κ2) is 5.27. The van der Waals surface area contributed by atoms with Gasteiger partial charge in [0.05, 0.1) is 17.1 Å². The molecule has 0 aliphatic heterocycles. The highest BCUT2D eigenvalue weighted by molar-refractivity contribution is 5.15. The molecule has 0 aromatic heterocycles. The quantitative estimate of drug-likeness (QED) is 0.733. The van der Waals surface area contributed by atoms with E-state index in [1.165, 1.54) is 6.42 Å². The van der Waals surface area contributed by atoms with E-state index in [1.54, 1.807) is 0 Å². The molecule has 0 amide bonds. The Hall–Kier alpha value is -0.550. The van der Waals surface area contributed by atoms with Crippen LogP contribution in [0.3, 0.4) is 0 Å². The molecule has 21 heavy (non-hydrogen) atoms. The smallest absolute Gasteiger partial charge is 0.0860 e. The Morgan fingerprint density at radius 1 is 1.05 bits per heavy atom. The summed E-state index contributed by atoms with van der Waals surface area (Å²) in [6.45, 7) is 11.4. The highest BCUT2D eigenvalue weighted by Crippen LogP contribution is 2.56. The maximum atomic E-state index is 11.3. The molecule has 0 aromatic rings. The zero-order valence-corrected chi connectivity index (χ0v) is 14.6. The minimum absolute atomic E-state index is 0.164. The van der Waals surface area contributed by atoms with Crippen LogP contribution in [0, 0.1) is 33.5 Å². The van der Waals surface area contributed by atoms with E-state index < -0.39 is 11.0 Å². The third kappa shape index (κ3) is 3.14. The van der Waals surface area contributed by atoms with Crippen molar-refractivity contribution in [1.82, 2.24) is 0 Å². The monoisotopic (exact) mass is 291 g/mol. The molecule has 0 bridgehead atoms. The summed E-state index contributed by atoms with van der Waals surface area (Å²) < 4.78 is 0. The summed E-state index contributed by atoms with van der Waals surface area (Å²) in [5, 5.41) is 21.3. The van der Waals surface area contributed by atoms with Gasteiger partial charge in [-0.05, 0) is 61.7 Å². The Balaban J connectivity index is 2.19. The summed E-state index contributed by atoms with van der Waals surface area (Å²) in [6, 6.07) is 2.59. The molecule has 2 fully saturated rings. The molecule has 1 atom stereocenters. The summed E-state index contributed by atoms with van der Waals surface area (Å²) in [5.41, 5.74) is -0.799. The topological polar surface area (TPSA) is 44.0 Å². The summed E-state index contributed by atoms with van der Waals surface area (Å²) in [4.78, 5) is 0. The van der Waals surface area contributed by atoms with E-state index in [2.05, 4.69) is 40.7 Å². The van der Waals surface area contributed by atoms with Crippen molar-refractivity contribution in [2.45, 2.75) is 91.6 Å². The minimum Gasteiger partial charge on any atom is -0.388 e. The van der Waals surface area contributed by atoms with Crippen molar-refractivity contribution in [3.8, 4) is 6.07 Å². The van der Waals surface area contributed by atoms with Gasteiger partial charge < -0.3 is 5.11 Å². The van der Waals surface area contributed by atoms with E-state index >= 15 is 0 Å². The van der Waals surface area contributed by atoms with Crippen LogP contribution >= 0.6 is 0 Å². The average Bonchev–Trinajstić information content (AvgIpc) is 2.36. The van der Waals surface area contributed by atoms with Crippen LogP contribution < -0.4 is 0 Å². The standard InChI is InChI=1S/C19H33NO/c1-16(2,3)15-7-11-18(14-20,12-8-15)19(21)10-6-9-17(4,5)13-19/h15,21H,6-13H2,1-5H3. The largest absolute Gasteiger partial charge is 0.388 e. The van der Waals surface area contributed by atoms with Gasteiger partial charge in [0, 0.05) is 0 Å². The van der Waals surface area contributed by atoms with Gasteiger partial charge in [0.1, 0.15) is 0 Å². The average molecular weight is 291 g/mol. The fourth-order valence-corrected chi connectivity index (χ4v) is 4.89. The molecule has 0 spiro atoms. The van der Waals surface area contributed by atoms with Gasteiger partial charge in [-0.1, -0.05) is 41.0 Å². The van der Waals surface area contributed by atoms with E-state index in [1.807, 2.05) is 0 Å². The lowest BCUT2D eigenvalue weighted by Gasteiger charge is -2.53. The van der Waals surface area contributed by atoms with E-state index in [0.717, 1.165) is 44.9 Å². The maximum Gasteiger partial charge on any atom is 0.0860 e. The van der Waals surface area contributed by atoms with E-state index in [0.29, 0.717) is 11.3 Å². The second-order valence-electron chi connectivity index (χ2n) is 9.56. The number of rotatable bonds is 1. The fourth-order valence-electron chi connectivity index (χ4n) is 4.89. The molecule has 2 nitrogen and oxygen atoms in total. The first kappa shape index (κ1) is 16.8. The molecule has 0 saturated heterocycles. The van der Waals surface area contributed by atoms with Crippen molar-refractivity contribution in [1.29, 1.82) is 5.26 Å². The van der Waals surface area contributed by atoms with Crippen molar-refractivity contribution in [2.24, 2.45) is 22.2 Å². The van der Waals surface area contributed by atoms with Gasteiger partial charge in [0.25, 0.3) is 0 Å². The molecule has 0 aromatic carbocycles. The van der Waals surface area contributed by atoms with Crippen LogP contribution in [-0.4, -0.2) is 10.7 Å². The molecule has 2 aliphatic carbocycles. The van der Waals surface area contributed by atoms with Crippen LogP contribution in [-0.2, 0) is 0 Å². The van der Waals surface area contributed by atoms with Gasteiger partial charge in [-0.25, -0.2) is 0 Å². The van der Waals surface area contributed by atoms with Crippen LogP contribution in [0.1, 0.15) is 86.0 Å². The van der Waals surface area contributed by atoms with Gasteiger partial charge in [-0.2, -0.15) is 5.26 Å². The van der Waals surface area contributed by atoms with Crippen LogP contribution in [0.4, 0.5) is 0 Å². The lowest BCUT2D eigenvalue weighted by molar-refractivity contribution is -0.131. The Bertz CT molecular complexity index is 418. The van der Waals surface area contributed by atoms with E-state index in [-0.39, 0.29) is 5.41 Å². The number of hydrogen-bond donors (Lipinski definition) is 1. The second-order valence-corrected chi connectivity index (χ2v) is 9.56. The third-order valence-electron chi connectivity index (χ3n) is 6.38. The van der Waals surface area contributed by atoms with Gasteiger partial charge in [-0.15, -0.1) is 0 Å². The van der Waals surface area contributed by atoms with Gasteiger partial charge in [0.15, 0.2) is 0 Å². The third-order valence-corrected chi connectivity index (χ3v) is 6.38. The number of aliphatic hydroxyl groups is 1. The summed E-state index contributed by atoms with van der Waals surface area (Å²) in [5.74, 6) is 0.680. The fraction of sp³-hybridized carbons (Fsp3) is 0.947. The predicted octanol–water partition coefficient (Wildman–Crippen LogP) is 5.06. The Labute approximate surface area is 130 Å². The first-order chi connectivity index (χ1) is 9.54. The van der Waals surface area contributed by atoms with Crippen molar-refractivity contribution in [3.63, 3.8) is 0 Å². The van der Waals surface area contributed by atoms with Crippen molar-refractivity contribution in [2.75, 3.05) is 0 Å². The van der Waals surface area contributed by atoms with Crippen LogP contribution in [0.5, 0.6) is 0 Å². The van der Waals surface area contributed by atoms with Gasteiger partial charge in [0.2, 0.25) is 0 Å². The number of nitriles is 1. The highest BCUT2D eigenvalue weighted by Gasteiger charge is 2.55. The maximum absolute atomic E-state index is 11.3. The summed E-state index contributed by atoms with van der Waals surface area (Å²) in [7, 11) is 0. The first-order valence-corrected chi connectivity index (χ1v) is 8.67. The van der Waals surface area contributed by atoms with Gasteiger partial charge in [-0.3, -0.25) is 0 Å². The zero-order chi connectivity index (χ0) is 15.9. The molecule has 1 N–H and O–H groups in total. The molecule has 2 heteroatoms. The lowest BCUT2D eigenvalue weighted by Crippen LogP contribution is -2.54. The Kier molecular flexibility index (Phi) is 4.22. The Morgan fingerprint density at radius 3 is 2.05 bits per heavy atom. The van der Waals surface area contributed by atoms with Crippen molar-refractivity contribution in [3.05, 3.63) is 0 Å². The zero-order valence-electron chi connectivity index (χ0n) is 14.6. The Morgan fingerprint density at radius 2 is 1.62 bits per heavy atom. The molecule has 120 valence electrons. The summed E-state index contributed by atoms with van der Waals surface area (Å²) >= 11 is 0. The molecule has 2 aliphatic rings. The van der Waals surface area contributed by atoms with Crippen LogP contribution in [0.2, 0.25) is 0 Å². The van der Waals surface area contributed by atoms with Crippen molar-refractivity contribution < 1.29 is 5.11 Å². The first-order valence-electron chi connectivity index (χ1n) is 8.67. The van der Waals surface area contributed by atoms with E-state index in [9.17, 15) is 10.4 Å². The number of nitrogens with zero attached hydrogens (tertiary/aromatic N) is 1. The molecule has 1 unspecified atom stereocenters. The normalized spacial score (nSPS) is 40.5. The van der Waals surface area contributed by atoms with Crippen LogP contribution in [0.25, 0.3) is 0 Å². The molecule has 2 rings (SSSR count). The van der Waals surface area contributed by atoms with Crippen molar-refractivity contribution >= 4 is 0 Å². The van der Waals surface area contributed by atoms with E-state index in [4.69, 9.17) is 0 Å². The molecular formula is C19H33NO. The van der Waals surface area contributed by atoms with Crippen LogP contribution in [0.15, 0.2) is 0 Å². The molecular weight excluding hydrogens is 258 g/mol. The summed E-state index contributed by atoms with van der Waals surface area (Å²) in [6.07, 6.45) is 7.73. The SMILES string of the molecule is CC1(C)CCCC(O)(C2(C#N)CCC(C(C)(C)C)CC2)C1. The number of hydrogen-bond acceptors (Lipinski definition) is 2. The predicted molar refractivity (Wildman–Crippen MR) is 86.7 cm³/mol. The molecule has 0 radical (unpaired) electrons. The molecule has 0 heterocycles.